The number of hydrogen-bond donors (Lipinski definition) is 1. The van der Waals surface area contributed by atoms with Gasteiger partial charge in [-0.25, -0.2) is 0 Å². The fourth-order valence-corrected chi connectivity index (χ4v) is 8.52. The Kier molecular flexibility index (Phi) is 4.75. The van der Waals surface area contributed by atoms with Crippen LogP contribution in [0.25, 0.3) is 0 Å². The number of carbonyl (C=O) groups excluding carboxylic acids is 1. The van der Waals surface area contributed by atoms with Gasteiger partial charge in [0.1, 0.15) is 5.75 Å². The number of hydrogen-bond acceptors (Lipinski definition) is 5. The first kappa shape index (κ1) is 21.6. The molecule has 0 amide bonds. The van der Waals surface area contributed by atoms with E-state index in [1.807, 2.05) is 12.1 Å². The molecule has 3 fully saturated rings. The van der Waals surface area contributed by atoms with Crippen LogP contribution in [-0.2, 0) is 19.7 Å². The summed E-state index contributed by atoms with van der Waals surface area (Å²) in [5.74, 6) is 0.531. The fraction of sp³-hybridized carbons (Fsp3) is 0.607. The van der Waals surface area contributed by atoms with Crippen LogP contribution in [0, 0.1) is 22.7 Å². The molecule has 2 bridgehead atoms. The molecule has 0 aromatic heterocycles. The number of allylic oxidation sites excluding steroid dienone is 3. The van der Waals surface area contributed by atoms with Gasteiger partial charge in [0, 0.05) is 29.1 Å². The lowest BCUT2D eigenvalue weighted by molar-refractivity contribution is -0.132. The zero-order valence-electron chi connectivity index (χ0n) is 19.6. The second kappa shape index (κ2) is 7.27. The van der Waals surface area contributed by atoms with Crippen LogP contribution < -0.4 is 4.74 Å². The third-order valence-electron chi connectivity index (χ3n) is 9.90. The molecule has 6 rings (SSSR count). The van der Waals surface area contributed by atoms with Crippen LogP contribution in [0.3, 0.4) is 0 Å². The summed E-state index contributed by atoms with van der Waals surface area (Å²) in [6, 6.07) is 8.27. The third-order valence-corrected chi connectivity index (χ3v) is 9.90. The first-order valence-corrected chi connectivity index (χ1v) is 12.4. The van der Waals surface area contributed by atoms with Crippen molar-refractivity contribution in [1.82, 2.24) is 0 Å². The molecule has 1 aromatic rings. The zero-order valence-corrected chi connectivity index (χ0v) is 19.6. The van der Waals surface area contributed by atoms with Gasteiger partial charge in [-0.2, -0.15) is 0 Å². The molecule has 1 heterocycles. The van der Waals surface area contributed by atoms with E-state index in [1.54, 1.807) is 19.3 Å². The molecule has 0 unspecified atom stereocenters. The monoisotopic (exact) mass is 450 g/mol. The maximum absolute atomic E-state index is 13.7. The minimum absolute atomic E-state index is 0.127. The number of ether oxygens (including phenoxy) is 3. The quantitative estimate of drug-likeness (QED) is 0.676. The lowest BCUT2D eigenvalue weighted by Gasteiger charge is -2.52. The first-order valence-electron chi connectivity index (χ1n) is 12.4. The topological polar surface area (TPSA) is 65.0 Å². The molecule has 0 radical (unpaired) electrons. The minimum atomic E-state index is -1.06. The normalized spacial score (nSPS) is 43.7. The molecule has 5 heteroatoms. The molecule has 1 saturated heterocycles. The summed E-state index contributed by atoms with van der Waals surface area (Å²) >= 11 is 0. The average molecular weight is 451 g/mol. The molecular weight excluding hydrogens is 416 g/mol. The van der Waals surface area contributed by atoms with Gasteiger partial charge in [0.25, 0.3) is 0 Å². The molecular formula is C28H34O5. The molecule has 6 atom stereocenters. The van der Waals surface area contributed by atoms with E-state index in [0.717, 1.165) is 37.0 Å². The number of carbonyl (C=O) groups is 1. The number of rotatable bonds is 5. The van der Waals surface area contributed by atoms with E-state index in [4.69, 9.17) is 14.2 Å². The Morgan fingerprint density at radius 3 is 2.52 bits per heavy atom. The van der Waals surface area contributed by atoms with E-state index in [2.05, 4.69) is 31.2 Å². The maximum Gasteiger partial charge on any atom is 0.160 e. The molecule has 5 nitrogen and oxygen atoms in total. The molecule has 176 valence electrons. The van der Waals surface area contributed by atoms with Crippen LogP contribution >= 0.6 is 0 Å². The fourth-order valence-electron chi connectivity index (χ4n) is 8.52. The number of benzene rings is 1. The number of aliphatic hydroxyl groups is 1. The molecule has 1 aromatic carbocycles. The Morgan fingerprint density at radius 1 is 1.06 bits per heavy atom. The highest BCUT2D eigenvalue weighted by Gasteiger charge is 2.79. The Hall–Kier alpha value is -1.95. The predicted octanol–water partition coefficient (Wildman–Crippen LogP) is 4.34. The minimum Gasteiger partial charge on any atom is -0.497 e. The van der Waals surface area contributed by atoms with Gasteiger partial charge in [0.15, 0.2) is 12.1 Å². The van der Waals surface area contributed by atoms with Crippen molar-refractivity contribution in [3.8, 4) is 5.75 Å². The van der Waals surface area contributed by atoms with Crippen LogP contribution in [0.15, 0.2) is 48.6 Å². The van der Waals surface area contributed by atoms with Crippen LogP contribution in [0.4, 0.5) is 0 Å². The van der Waals surface area contributed by atoms with E-state index in [1.165, 1.54) is 0 Å². The van der Waals surface area contributed by atoms with Crippen molar-refractivity contribution < 1.29 is 24.1 Å². The SMILES string of the molecule is COc1ccc([C@]23C=C[C@@]4(CCCC[C@]24C)[C@@H]2[C@H]3C(=O)C=C[C@@]2(O)CCC2OCCO2)cc1. The highest BCUT2D eigenvalue weighted by molar-refractivity contribution is 5.96. The summed E-state index contributed by atoms with van der Waals surface area (Å²) in [4.78, 5) is 13.7. The van der Waals surface area contributed by atoms with Gasteiger partial charge in [0.05, 0.1) is 25.9 Å². The summed E-state index contributed by atoms with van der Waals surface area (Å²) < 4.78 is 16.8. The van der Waals surface area contributed by atoms with Crippen molar-refractivity contribution in [2.75, 3.05) is 20.3 Å². The molecule has 1 N–H and O–H groups in total. The first-order chi connectivity index (χ1) is 15.9. The lowest BCUT2D eigenvalue weighted by atomic mass is 9.52. The maximum atomic E-state index is 13.7. The van der Waals surface area contributed by atoms with Crippen molar-refractivity contribution in [1.29, 1.82) is 0 Å². The summed E-state index contributed by atoms with van der Waals surface area (Å²) in [5, 5.41) is 12.2. The van der Waals surface area contributed by atoms with Gasteiger partial charge in [0.2, 0.25) is 0 Å². The largest absolute Gasteiger partial charge is 0.497 e. The van der Waals surface area contributed by atoms with Crippen LogP contribution in [0.5, 0.6) is 5.75 Å². The van der Waals surface area contributed by atoms with Gasteiger partial charge in [-0.05, 0) is 54.5 Å². The van der Waals surface area contributed by atoms with E-state index >= 15 is 0 Å². The summed E-state index contributed by atoms with van der Waals surface area (Å²) in [5.41, 5.74) is -0.668. The molecule has 33 heavy (non-hydrogen) atoms. The zero-order chi connectivity index (χ0) is 22.9. The molecule has 0 spiro atoms. The molecule has 4 aliphatic carbocycles. The van der Waals surface area contributed by atoms with Crippen molar-refractivity contribution in [2.45, 2.75) is 62.8 Å². The predicted molar refractivity (Wildman–Crippen MR) is 124 cm³/mol. The van der Waals surface area contributed by atoms with Gasteiger partial charge in [-0.1, -0.05) is 44.1 Å². The van der Waals surface area contributed by atoms with Crippen molar-refractivity contribution in [3.63, 3.8) is 0 Å². The smallest absolute Gasteiger partial charge is 0.160 e. The van der Waals surface area contributed by atoms with Gasteiger partial charge in [-0.15, -0.1) is 0 Å². The van der Waals surface area contributed by atoms with Gasteiger partial charge >= 0.3 is 0 Å². The standard InChI is InChI=1S/C28H34O5/c1-25-11-3-4-12-26(25)15-16-28(25,19-5-7-20(31-2)8-6-19)23-21(29)9-13-27(30,24(23)26)14-10-22-32-17-18-33-22/h5-9,13,15-16,22-24,30H,3-4,10-12,14,17-18H2,1-2H3/t23-,24+,25+,26+,27-,28+/m1/s1. The second-order valence-electron chi connectivity index (χ2n) is 10.9. The summed E-state index contributed by atoms with van der Waals surface area (Å²) in [6.07, 6.45) is 13.4. The Labute approximate surface area is 195 Å². The van der Waals surface area contributed by atoms with Crippen LogP contribution in [0.1, 0.15) is 51.0 Å². The highest BCUT2D eigenvalue weighted by Crippen LogP contribution is 2.80. The molecule has 2 saturated carbocycles. The Morgan fingerprint density at radius 2 is 1.79 bits per heavy atom. The molecule has 1 aliphatic heterocycles. The second-order valence-corrected chi connectivity index (χ2v) is 10.9. The number of methoxy groups -OCH3 is 1. The number of fused-ring (bicyclic) bond motifs is 2. The Balaban J connectivity index is 1.49. The summed E-state index contributed by atoms with van der Waals surface area (Å²) in [7, 11) is 1.68. The van der Waals surface area contributed by atoms with Crippen molar-refractivity contribution in [2.24, 2.45) is 22.7 Å². The van der Waals surface area contributed by atoms with E-state index < -0.39 is 11.0 Å². The highest BCUT2D eigenvalue weighted by atomic mass is 16.7. The lowest BCUT2D eigenvalue weighted by Crippen LogP contribution is -2.53. The Bertz CT molecular complexity index is 1010. The molecule has 5 aliphatic rings. The number of ketones is 1. The van der Waals surface area contributed by atoms with Crippen molar-refractivity contribution in [3.05, 3.63) is 54.1 Å². The van der Waals surface area contributed by atoms with Gasteiger partial charge < -0.3 is 19.3 Å². The summed E-state index contributed by atoms with van der Waals surface area (Å²) in [6.45, 7) is 3.59. The van der Waals surface area contributed by atoms with E-state index in [9.17, 15) is 9.90 Å². The van der Waals surface area contributed by atoms with Crippen LogP contribution in [0.2, 0.25) is 0 Å². The third kappa shape index (κ3) is 2.62. The van der Waals surface area contributed by atoms with Crippen LogP contribution in [-0.4, -0.2) is 43.1 Å². The van der Waals surface area contributed by atoms with Crippen molar-refractivity contribution >= 4 is 5.78 Å². The van der Waals surface area contributed by atoms with E-state index in [-0.39, 0.29) is 34.7 Å². The average Bonchev–Trinajstić information content (AvgIpc) is 3.50. The van der Waals surface area contributed by atoms with Gasteiger partial charge in [-0.3, -0.25) is 4.79 Å². The van der Waals surface area contributed by atoms with E-state index in [0.29, 0.717) is 26.1 Å².